The Bertz CT molecular complexity index is 599. The molecule has 1 aromatic rings. The molecule has 0 aliphatic rings. The number of carboxylic acids is 1. The SMILES string of the molecule is CCC(C)N(CCOC)S(=O)(=O)c1cc(C(=O)O)sc1Br. The third-order valence-electron chi connectivity index (χ3n) is 3.05. The lowest BCUT2D eigenvalue weighted by molar-refractivity contribution is 0.0702. The Balaban J connectivity index is 3.24. The van der Waals surface area contributed by atoms with Crippen LogP contribution in [0.4, 0.5) is 0 Å². The number of ether oxygens (including phenoxy) is 1. The van der Waals surface area contributed by atoms with Crippen molar-refractivity contribution in [2.75, 3.05) is 20.3 Å². The van der Waals surface area contributed by atoms with E-state index in [9.17, 15) is 13.2 Å². The van der Waals surface area contributed by atoms with E-state index in [1.165, 1.54) is 17.5 Å². The molecule has 1 N–H and O–H groups in total. The van der Waals surface area contributed by atoms with Gasteiger partial charge in [0, 0.05) is 19.7 Å². The molecule has 1 rings (SSSR count). The Morgan fingerprint density at radius 2 is 2.19 bits per heavy atom. The van der Waals surface area contributed by atoms with Crippen molar-refractivity contribution in [2.45, 2.75) is 31.2 Å². The van der Waals surface area contributed by atoms with Crippen LogP contribution in [0.1, 0.15) is 29.9 Å². The van der Waals surface area contributed by atoms with Crippen LogP contribution < -0.4 is 0 Å². The smallest absolute Gasteiger partial charge is 0.345 e. The lowest BCUT2D eigenvalue weighted by Crippen LogP contribution is -2.40. The van der Waals surface area contributed by atoms with Crippen LogP contribution in [0.25, 0.3) is 0 Å². The average Bonchev–Trinajstić information content (AvgIpc) is 2.81. The fraction of sp³-hybridized carbons (Fsp3) is 0.583. The third kappa shape index (κ3) is 4.26. The van der Waals surface area contributed by atoms with Crippen LogP contribution in [0.2, 0.25) is 0 Å². The monoisotopic (exact) mass is 399 g/mol. The van der Waals surface area contributed by atoms with E-state index in [1.807, 2.05) is 13.8 Å². The number of hydrogen-bond donors (Lipinski definition) is 1. The standard InChI is InChI=1S/C12H18BrNO5S2/c1-4-8(2)14(5-6-19-3)21(17,18)10-7-9(12(15)16)20-11(10)13/h7-8H,4-6H2,1-3H3,(H,15,16). The minimum Gasteiger partial charge on any atom is -0.477 e. The molecular formula is C12H18BrNO5S2. The number of methoxy groups -OCH3 is 1. The predicted octanol–water partition coefficient (Wildman–Crippen LogP) is 2.64. The Morgan fingerprint density at radius 3 is 2.62 bits per heavy atom. The van der Waals surface area contributed by atoms with Gasteiger partial charge >= 0.3 is 5.97 Å². The molecule has 1 atom stereocenters. The van der Waals surface area contributed by atoms with Crippen molar-refractivity contribution in [3.8, 4) is 0 Å². The normalized spacial score (nSPS) is 13.6. The van der Waals surface area contributed by atoms with Crippen LogP contribution in [-0.4, -0.2) is 50.1 Å². The van der Waals surface area contributed by atoms with E-state index >= 15 is 0 Å². The second-order valence-electron chi connectivity index (χ2n) is 4.42. The number of thiophene rings is 1. The number of aromatic carboxylic acids is 1. The molecule has 1 unspecified atom stereocenters. The van der Waals surface area contributed by atoms with Gasteiger partial charge in [-0.3, -0.25) is 0 Å². The number of nitrogens with zero attached hydrogens (tertiary/aromatic N) is 1. The van der Waals surface area contributed by atoms with E-state index in [0.29, 0.717) is 10.2 Å². The molecule has 120 valence electrons. The molecule has 0 saturated heterocycles. The first-order valence-electron chi connectivity index (χ1n) is 6.29. The lowest BCUT2D eigenvalue weighted by atomic mass is 10.3. The number of rotatable bonds is 8. The summed E-state index contributed by atoms with van der Waals surface area (Å²) in [5.41, 5.74) is 0. The van der Waals surface area contributed by atoms with Gasteiger partial charge in [0.2, 0.25) is 10.0 Å². The molecular weight excluding hydrogens is 382 g/mol. The van der Waals surface area contributed by atoms with Crippen molar-refractivity contribution in [3.63, 3.8) is 0 Å². The molecule has 0 spiro atoms. The number of hydrogen-bond acceptors (Lipinski definition) is 5. The van der Waals surface area contributed by atoms with Gasteiger partial charge in [-0.1, -0.05) is 6.92 Å². The first kappa shape index (κ1) is 18.6. The van der Waals surface area contributed by atoms with Crippen molar-refractivity contribution in [3.05, 3.63) is 14.7 Å². The molecule has 9 heteroatoms. The summed E-state index contributed by atoms with van der Waals surface area (Å²) >= 11 is 4.04. The number of carboxylic acid groups (broad SMARTS) is 1. The third-order valence-corrected chi connectivity index (χ3v) is 7.30. The highest BCUT2D eigenvalue weighted by atomic mass is 79.9. The molecule has 1 aromatic heterocycles. The van der Waals surface area contributed by atoms with Crippen LogP contribution >= 0.6 is 27.3 Å². The first-order valence-corrected chi connectivity index (χ1v) is 9.34. The maximum absolute atomic E-state index is 12.7. The van der Waals surface area contributed by atoms with Crippen LogP contribution in [0.5, 0.6) is 0 Å². The van der Waals surface area contributed by atoms with Crippen molar-refractivity contribution in [1.82, 2.24) is 4.31 Å². The summed E-state index contributed by atoms with van der Waals surface area (Å²) in [5.74, 6) is -1.14. The average molecular weight is 400 g/mol. The van der Waals surface area contributed by atoms with Gasteiger partial charge in [0.25, 0.3) is 0 Å². The Morgan fingerprint density at radius 1 is 1.57 bits per heavy atom. The number of carbonyl (C=O) groups is 1. The number of halogens is 1. The van der Waals surface area contributed by atoms with Gasteiger partial charge in [0.1, 0.15) is 9.77 Å². The molecule has 0 aliphatic carbocycles. The van der Waals surface area contributed by atoms with E-state index < -0.39 is 16.0 Å². The molecule has 0 saturated carbocycles. The summed E-state index contributed by atoms with van der Waals surface area (Å²) in [4.78, 5) is 11.0. The summed E-state index contributed by atoms with van der Waals surface area (Å²) in [5, 5.41) is 8.98. The highest BCUT2D eigenvalue weighted by molar-refractivity contribution is 9.11. The highest BCUT2D eigenvalue weighted by Crippen LogP contribution is 2.34. The first-order chi connectivity index (χ1) is 9.75. The Hall–Kier alpha value is -0.480. The predicted molar refractivity (Wildman–Crippen MR) is 84.5 cm³/mol. The summed E-state index contributed by atoms with van der Waals surface area (Å²) in [6.07, 6.45) is 0.649. The summed E-state index contributed by atoms with van der Waals surface area (Å²) < 4.78 is 32.1. The molecule has 0 aromatic carbocycles. The number of sulfonamides is 1. The minimum absolute atomic E-state index is 0.0127. The maximum Gasteiger partial charge on any atom is 0.345 e. The fourth-order valence-electron chi connectivity index (χ4n) is 1.72. The maximum atomic E-state index is 12.7. The van der Waals surface area contributed by atoms with Crippen LogP contribution in [0.15, 0.2) is 14.7 Å². The molecule has 0 aliphatic heterocycles. The van der Waals surface area contributed by atoms with Crippen molar-refractivity contribution < 1.29 is 23.1 Å². The van der Waals surface area contributed by atoms with Crippen LogP contribution in [-0.2, 0) is 14.8 Å². The topological polar surface area (TPSA) is 83.9 Å². The van der Waals surface area contributed by atoms with Gasteiger partial charge in [0.15, 0.2) is 0 Å². The van der Waals surface area contributed by atoms with Gasteiger partial charge in [0.05, 0.1) is 10.4 Å². The van der Waals surface area contributed by atoms with E-state index in [0.717, 1.165) is 11.3 Å². The van der Waals surface area contributed by atoms with Gasteiger partial charge in [-0.25, -0.2) is 13.2 Å². The summed E-state index contributed by atoms with van der Waals surface area (Å²) in [7, 11) is -2.27. The van der Waals surface area contributed by atoms with Crippen molar-refractivity contribution >= 4 is 43.3 Å². The summed E-state index contributed by atoms with van der Waals surface area (Å²) in [6.45, 7) is 4.20. The lowest BCUT2D eigenvalue weighted by Gasteiger charge is -2.27. The zero-order chi connectivity index (χ0) is 16.2. The van der Waals surface area contributed by atoms with Crippen LogP contribution in [0.3, 0.4) is 0 Å². The molecule has 6 nitrogen and oxygen atoms in total. The molecule has 1 heterocycles. The largest absolute Gasteiger partial charge is 0.477 e. The zero-order valence-corrected chi connectivity index (χ0v) is 15.2. The second kappa shape index (κ2) is 7.68. The molecule has 0 bridgehead atoms. The van der Waals surface area contributed by atoms with E-state index in [2.05, 4.69) is 15.9 Å². The van der Waals surface area contributed by atoms with Gasteiger partial charge < -0.3 is 9.84 Å². The highest BCUT2D eigenvalue weighted by Gasteiger charge is 2.32. The van der Waals surface area contributed by atoms with Crippen molar-refractivity contribution in [2.24, 2.45) is 0 Å². The fourth-order valence-corrected chi connectivity index (χ4v) is 5.77. The zero-order valence-electron chi connectivity index (χ0n) is 12.0. The van der Waals surface area contributed by atoms with Gasteiger partial charge in [-0.05, 0) is 35.3 Å². The van der Waals surface area contributed by atoms with E-state index in [1.54, 1.807) is 0 Å². The second-order valence-corrected chi connectivity index (χ2v) is 8.65. The molecule has 0 radical (unpaired) electrons. The van der Waals surface area contributed by atoms with E-state index in [-0.39, 0.29) is 29.0 Å². The molecule has 0 fully saturated rings. The van der Waals surface area contributed by atoms with Crippen molar-refractivity contribution in [1.29, 1.82) is 0 Å². The quantitative estimate of drug-likeness (QED) is 0.725. The minimum atomic E-state index is -3.77. The van der Waals surface area contributed by atoms with Gasteiger partial charge in [-0.15, -0.1) is 11.3 Å². The van der Waals surface area contributed by atoms with Crippen LogP contribution in [0, 0.1) is 0 Å². The Labute approximate surface area is 136 Å². The molecule has 0 amide bonds. The molecule has 21 heavy (non-hydrogen) atoms. The Kier molecular flexibility index (Phi) is 6.79. The van der Waals surface area contributed by atoms with Gasteiger partial charge in [-0.2, -0.15) is 4.31 Å². The van der Waals surface area contributed by atoms with E-state index in [4.69, 9.17) is 9.84 Å². The summed E-state index contributed by atoms with van der Waals surface area (Å²) in [6, 6.07) is 0.986.